The van der Waals surface area contributed by atoms with Crippen LogP contribution in [0.4, 0.5) is 16.7 Å². The van der Waals surface area contributed by atoms with E-state index in [1.54, 1.807) is 26.2 Å². The molecule has 0 spiro atoms. The van der Waals surface area contributed by atoms with E-state index in [2.05, 4.69) is 26.7 Å². The fourth-order valence-electron chi connectivity index (χ4n) is 5.50. The van der Waals surface area contributed by atoms with Crippen molar-refractivity contribution < 1.29 is 33.7 Å². The normalized spacial score (nSPS) is 13.8. The van der Waals surface area contributed by atoms with Crippen molar-refractivity contribution in [1.29, 1.82) is 0 Å². The maximum Gasteiger partial charge on any atom is 0.410 e. The predicted octanol–water partition coefficient (Wildman–Crippen LogP) is 2.55. The van der Waals surface area contributed by atoms with Crippen molar-refractivity contribution in [2.45, 2.75) is 39.5 Å². The highest BCUT2D eigenvalue weighted by molar-refractivity contribution is 5.99. The fourth-order valence-corrected chi connectivity index (χ4v) is 5.50. The molecule has 16 heteroatoms. The number of aromatic carboxylic acids is 1. The average molecular weight is 688 g/mol. The van der Waals surface area contributed by atoms with Crippen LogP contribution in [-0.2, 0) is 17.8 Å². The molecule has 0 aliphatic carbocycles. The van der Waals surface area contributed by atoms with Crippen molar-refractivity contribution in [2.24, 2.45) is 5.73 Å². The number of aromatic nitrogens is 4. The molecule has 7 N–H and O–H groups in total. The van der Waals surface area contributed by atoms with Gasteiger partial charge in [-0.25, -0.2) is 19.6 Å². The number of rotatable bonds is 10. The molecule has 2 amide bonds. The largest absolute Gasteiger partial charge is 0.494 e. The van der Waals surface area contributed by atoms with Crippen LogP contribution in [0.5, 0.6) is 11.5 Å². The summed E-state index contributed by atoms with van der Waals surface area (Å²) in [6.45, 7) is 9.12. The molecule has 2 aromatic heterocycles. The lowest BCUT2D eigenvalue weighted by molar-refractivity contribution is 0.0155. The third-order valence-electron chi connectivity index (χ3n) is 7.92. The minimum absolute atomic E-state index is 0.0362. The van der Waals surface area contributed by atoms with Gasteiger partial charge in [0.1, 0.15) is 34.7 Å². The number of methoxy groups -OCH3 is 1. The Bertz CT molecular complexity index is 2020. The number of fused-ring (bicyclic) bond motifs is 2. The quantitative estimate of drug-likeness (QED) is 0.140. The molecule has 5 rings (SSSR count). The Balaban J connectivity index is 1.26. The number of hydrogen-bond donors (Lipinski definition) is 4. The van der Waals surface area contributed by atoms with Crippen LogP contribution in [0.2, 0.25) is 0 Å². The number of benzene rings is 2. The molecule has 0 radical (unpaired) electrons. The lowest BCUT2D eigenvalue weighted by Gasteiger charge is -2.34. The van der Waals surface area contributed by atoms with E-state index in [1.807, 2.05) is 32.9 Å². The molecular weight excluding hydrogens is 646 g/mol. The Labute approximate surface area is 288 Å². The number of primary amides is 1. The van der Waals surface area contributed by atoms with Crippen LogP contribution in [0.3, 0.4) is 0 Å². The summed E-state index contributed by atoms with van der Waals surface area (Å²) in [6.07, 6.45) is 3.39. The van der Waals surface area contributed by atoms with Gasteiger partial charge in [0.2, 0.25) is 17.8 Å². The Morgan fingerprint density at radius 1 is 0.880 bits per heavy atom. The first-order valence-electron chi connectivity index (χ1n) is 15.9. The number of anilines is 2. The van der Waals surface area contributed by atoms with E-state index in [0.29, 0.717) is 79.4 Å². The molecule has 0 saturated carbocycles. The number of carbonyl (C=O) groups is 3. The number of nitrogens with zero attached hydrogens (tertiary/aromatic N) is 6. The second-order valence-corrected chi connectivity index (χ2v) is 12.6. The fraction of sp³-hybridized carbons (Fsp3) is 0.382. The number of nitrogens with two attached hydrogens (primary N) is 3. The highest BCUT2D eigenvalue weighted by atomic mass is 16.6. The zero-order valence-electron chi connectivity index (χ0n) is 28.4. The topological polar surface area (TPSA) is 219 Å². The molecule has 0 unspecified atom stereocenters. The molecule has 264 valence electrons. The van der Waals surface area contributed by atoms with Crippen LogP contribution >= 0.6 is 0 Å². The molecule has 1 aliphatic heterocycles. The smallest absolute Gasteiger partial charge is 0.410 e. The number of piperazine rings is 1. The van der Waals surface area contributed by atoms with Gasteiger partial charge in [-0.2, -0.15) is 0 Å². The number of amides is 2. The first-order valence-corrected chi connectivity index (χ1v) is 15.9. The van der Waals surface area contributed by atoms with E-state index in [9.17, 15) is 19.5 Å². The van der Waals surface area contributed by atoms with Crippen molar-refractivity contribution in [1.82, 2.24) is 28.9 Å². The first kappa shape index (κ1) is 35.4. The van der Waals surface area contributed by atoms with E-state index in [1.165, 1.54) is 19.2 Å². The number of carboxylic acids is 1. The van der Waals surface area contributed by atoms with Crippen LogP contribution in [-0.4, -0.2) is 104 Å². The van der Waals surface area contributed by atoms with Gasteiger partial charge < -0.3 is 50.6 Å². The van der Waals surface area contributed by atoms with Crippen molar-refractivity contribution in [3.63, 3.8) is 0 Å². The maximum atomic E-state index is 12.3. The summed E-state index contributed by atoms with van der Waals surface area (Å²) in [7, 11) is 1.45. The summed E-state index contributed by atoms with van der Waals surface area (Å²) in [5.41, 5.74) is 19.7. The summed E-state index contributed by atoms with van der Waals surface area (Å²) in [4.78, 5) is 48.5. The molecule has 0 bridgehead atoms. The van der Waals surface area contributed by atoms with Gasteiger partial charge in [-0.15, -0.1) is 0 Å². The molecule has 1 saturated heterocycles. The third kappa shape index (κ3) is 8.01. The van der Waals surface area contributed by atoms with Crippen molar-refractivity contribution in [2.75, 3.05) is 57.9 Å². The van der Waals surface area contributed by atoms with Gasteiger partial charge >= 0.3 is 12.1 Å². The van der Waals surface area contributed by atoms with E-state index in [0.717, 1.165) is 0 Å². The van der Waals surface area contributed by atoms with Crippen LogP contribution < -0.4 is 26.7 Å². The molecule has 2 aromatic carbocycles. The molecule has 1 aliphatic rings. The minimum Gasteiger partial charge on any atom is -0.494 e. The maximum absolute atomic E-state index is 12.3. The Hall–Kier alpha value is -5.95. The van der Waals surface area contributed by atoms with Crippen LogP contribution in [0.25, 0.3) is 22.1 Å². The SMILES string of the molecule is COc1cc(C(=O)O)cc2nc(N)n(C/C=C/Cn3c(N)nc4cc(C(N)=O)cc(OCC#CCN5CCN(C(=O)OC(C)(C)C)CC5)c43)c12. The molecule has 1 fully saturated rings. The summed E-state index contributed by atoms with van der Waals surface area (Å²) in [5, 5.41) is 9.43. The molecule has 16 nitrogen and oxygen atoms in total. The number of allylic oxidation sites excluding steroid dienone is 2. The molecule has 3 heterocycles. The van der Waals surface area contributed by atoms with Gasteiger partial charge in [0.15, 0.2) is 0 Å². The summed E-state index contributed by atoms with van der Waals surface area (Å²) < 4.78 is 20.4. The number of nitrogen functional groups attached to an aromatic ring is 2. The molecule has 50 heavy (non-hydrogen) atoms. The number of carboxylic acid groups (broad SMARTS) is 1. The highest BCUT2D eigenvalue weighted by Crippen LogP contribution is 2.31. The Morgan fingerprint density at radius 3 is 1.98 bits per heavy atom. The summed E-state index contributed by atoms with van der Waals surface area (Å²) in [6, 6.07) is 5.96. The second kappa shape index (κ2) is 14.7. The van der Waals surface area contributed by atoms with Crippen LogP contribution in [0.15, 0.2) is 36.4 Å². The van der Waals surface area contributed by atoms with Gasteiger partial charge in [0.25, 0.3) is 0 Å². The first-order chi connectivity index (χ1) is 23.8. The van der Waals surface area contributed by atoms with E-state index < -0.39 is 17.5 Å². The Kier molecular flexibility index (Phi) is 10.4. The molecular formula is C34H41N9O7. The van der Waals surface area contributed by atoms with Gasteiger partial charge in [-0.3, -0.25) is 9.69 Å². The zero-order valence-corrected chi connectivity index (χ0v) is 28.4. The van der Waals surface area contributed by atoms with E-state index in [4.69, 9.17) is 31.4 Å². The standard InChI is InChI=1S/C34H41N9O7/c1-34(2,3)50-33(47)41-14-12-40(13-15-41)9-7-8-16-49-26-19-21(29(35)44)17-23-28(26)43(32(37)38-23)11-6-5-10-42-27-24(39-31(42)36)18-22(30(45)46)20-25(27)48-4/h5-6,17-20H,9-16H2,1-4H3,(H2,35,44)(H2,36,39)(H2,37,38)(H,45,46)/b6-5+. The summed E-state index contributed by atoms with van der Waals surface area (Å²) >= 11 is 0. The highest BCUT2D eigenvalue weighted by Gasteiger charge is 2.25. The molecule has 4 aromatic rings. The molecule has 0 atom stereocenters. The lowest BCUT2D eigenvalue weighted by atomic mass is 10.1. The van der Waals surface area contributed by atoms with Crippen LogP contribution in [0, 0.1) is 11.8 Å². The van der Waals surface area contributed by atoms with Crippen molar-refractivity contribution >= 4 is 51.9 Å². The third-order valence-corrected chi connectivity index (χ3v) is 7.92. The van der Waals surface area contributed by atoms with Gasteiger partial charge in [-0.05, 0) is 45.0 Å². The van der Waals surface area contributed by atoms with Crippen LogP contribution in [0.1, 0.15) is 41.5 Å². The monoisotopic (exact) mass is 687 g/mol. The van der Waals surface area contributed by atoms with Crippen molar-refractivity contribution in [3.8, 4) is 23.3 Å². The van der Waals surface area contributed by atoms with Gasteiger partial charge in [-0.1, -0.05) is 24.0 Å². The van der Waals surface area contributed by atoms with Crippen molar-refractivity contribution in [3.05, 3.63) is 47.5 Å². The number of carbonyl (C=O) groups excluding carboxylic acids is 2. The number of hydrogen-bond acceptors (Lipinski definition) is 11. The average Bonchev–Trinajstić information content (AvgIpc) is 3.55. The van der Waals surface area contributed by atoms with Gasteiger partial charge in [0.05, 0.1) is 30.3 Å². The lowest BCUT2D eigenvalue weighted by Crippen LogP contribution is -2.50. The van der Waals surface area contributed by atoms with E-state index >= 15 is 0 Å². The second-order valence-electron chi connectivity index (χ2n) is 12.6. The summed E-state index contributed by atoms with van der Waals surface area (Å²) in [5.74, 6) is 5.45. The minimum atomic E-state index is -1.10. The number of imidazole rings is 2. The van der Waals surface area contributed by atoms with E-state index in [-0.39, 0.29) is 35.7 Å². The Morgan fingerprint density at radius 2 is 1.44 bits per heavy atom. The predicted molar refractivity (Wildman–Crippen MR) is 187 cm³/mol. The number of ether oxygens (including phenoxy) is 3. The zero-order chi connectivity index (χ0) is 36.2. The van der Waals surface area contributed by atoms with Gasteiger partial charge in [0, 0.05) is 44.8 Å².